The minimum Gasteiger partial charge on any atom is -0.311 e. The normalized spacial score (nSPS) is 13.4. The van der Waals surface area contributed by atoms with E-state index in [1.54, 1.807) is 61.6 Å². The lowest BCUT2D eigenvalue weighted by molar-refractivity contribution is 0.0986. The standard InChI is InChI=1S/C27H32N2O4S/c1-5-11-24(19(3)6-2)28-34(32,33)26-17-16-25(22-14-9-10-15-23(22)26)29(4)27(31)21-13-8-7-12-20(21)18-30/h7-10,12-19,24,28H,5-6,11H2,1-4H3/t19-,24?/m1/s1. The van der Waals surface area contributed by atoms with E-state index in [0.29, 0.717) is 33.9 Å². The van der Waals surface area contributed by atoms with Gasteiger partial charge in [0.1, 0.15) is 0 Å². The van der Waals surface area contributed by atoms with Gasteiger partial charge in [-0.3, -0.25) is 9.59 Å². The molecule has 0 fully saturated rings. The minimum atomic E-state index is -3.79. The third-order valence-corrected chi connectivity index (χ3v) is 7.92. The number of hydrogen-bond acceptors (Lipinski definition) is 4. The highest BCUT2D eigenvalue weighted by Crippen LogP contribution is 2.32. The number of amides is 1. The molecule has 0 saturated carbocycles. The Labute approximate surface area is 202 Å². The predicted octanol–water partition coefficient (Wildman–Crippen LogP) is 5.42. The summed E-state index contributed by atoms with van der Waals surface area (Å²) in [4.78, 5) is 26.3. The smallest absolute Gasteiger partial charge is 0.258 e. The molecule has 6 nitrogen and oxygen atoms in total. The second-order valence-corrected chi connectivity index (χ2v) is 10.3. The summed E-state index contributed by atoms with van der Waals surface area (Å²) in [6.07, 6.45) is 3.18. The second-order valence-electron chi connectivity index (χ2n) is 8.60. The molecule has 3 aromatic rings. The van der Waals surface area contributed by atoms with Crippen LogP contribution in [0.5, 0.6) is 0 Å². The van der Waals surface area contributed by atoms with E-state index < -0.39 is 10.0 Å². The van der Waals surface area contributed by atoms with E-state index in [-0.39, 0.29) is 22.8 Å². The van der Waals surface area contributed by atoms with Crippen LogP contribution in [0.2, 0.25) is 0 Å². The molecule has 34 heavy (non-hydrogen) atoms. The first-order valence-electron chi connectivity index (χ1n) is 11.6. The highest BCUT2D eigenvalue weighted by atomic mass is 32.2. The minimum absolute atomic E-state index is 0.150. The molecular weight excluding hydrogens is 448 g/mol. The molecule has 2 atom stereocenters. The first-order valence-corrected chi connectivity index (χ1v) is 13.1. The van der Waals surface area contributed by atoms with E-state index in [4.69, 9.17) is 0 Å². The fraction of sp³-hybridized carbons (Fsp3) is 0.333. The SMILES string of the molecule is CCCC(NS(=O)(=O)c1ccc(N(C)C(=O)c2ccccc2C=O)c2ccccc12)[C@H](C)CC. The summed E-state index contributed by atoms with van der Waals surface area (Å²) in [5.74, 6) is -0.136. The van der Waals surface area contributed by atoms with Gasteiger partial charge >= 0.3 is 0 Å². The molecular formula is C27H32N2O4S. The van der Waals surface area contributed by atoms with Crippen LogP contribution in [0, 0.1) is 5.92 Å². The maximum Gasteiger partial charge on any atom is 0.258 e. The molecule has 0 aliphatic heterocycles. The Morgan fingerprint density at radius 1 is 1.00 bits per heavy atom. The van der Waals surface area contributed by atoms with E-state index >= 15 is 0 Å². The van der Waals surface area contributed by atoms with Crippen LogP contribution in [0.3, 0.4) is 0 Å². The Balaban J connectivity index is 2.06. The molecule has 0 heterocycles. The maximum absolute atomic E-state index is 13.4. The molecule has 7 heteroatoms. The van der Waals surface area contributed by atoms with Gasteiger partial charge in [-0.25, -0.2) is 13.1 Å². The lowest BCUT2D eigenvalue weighted by Crippen LogP contribution is -2.39. The van der Waals surface area contributed by atoms with Crippen LogP contribution in [-0.4, -0.2) is 33.7 Å². The van der Waals surface area contributed by atoms with Gasteiger partial charge in [0.25, 0.3) is 5.91 Å². The van der Waals surface area contributed by atoms with Crippen LogP contribution in [0.15, 0.2) is 65.6 Å². The summed E-state index contributed by atoms with van der Waals surface area (Å²) in [6.45, 7) is 6.16. The fourth-order valence-corrected chi connectivity index (χ4v) is 5.78. The number of fused-ring (bicyclic) bond motifs is 1. The number of benzene rings is 3. The van der Waals surface area contributed by atoms with Gasteiger partial charge in [0.15, 0.2) is 6.29 Å². The Morgan fingerprint density at radius 2 is 1.65 bits per heavy atom. The van der Waals surface area contributed by atoms with E-state index in [0.717, 1.165) is 19.3 Å². The quantitative estimate of drug-likeness (QED) is 0.393. The molecule has 0 spiro atoms. The zero-order chi connectivity index (χ0) is 24.9. The van der Waals surface area contributed by atoms with Crippen molar-refractivity contribution in [2.24, 2.45) is 5.92 Å². The highest BCUT2D eigenvalue weighted by Gasteiger charge is 2.26. The monoisotopic (exact) mass is 480 g/mol. The van der Waals surface area contributed by atoms with Crippen LogP contribution in [0.25, 0.3) is 10.8 Å². The summed E-state index contributed by atoms with van der Waals surface area (Å²) in [7, 11) is -2.17. The van der Waals surface area contributed by atoms with Crippen LogP contribution in [0.1, 0.15) is 60.7 Å². The summed E-state index contributed by atoms with van der Waals surface area (Å²) < 4.78 is 29.8. The fourth-order valence-electron chi connectivity index (χ4n) is 4.18. The van der Waals surface area contributed by atoms with Gasteiger partial charge in [0.05, 0.1) is 16.1 Å². The number of rotatable bonds is 10. The van der Waals surface area contributed by atoms with E-state index in [9.17, 15) is 18.0 Å². The molecule has 180 valence electrons. The van der Waals surface area contributed by atoms with Crippen LogP contribution >= 0.6 is 0 Å². The van der Waals surface area contributed by atoms with Crippen molar-refractivity contribution in [3.63, 3.8) is 0 Å². The van der Waals surface area contributed by atoms with Crippen LogP contribution in [-0.2, 0) is 10.0 Å². The highest BCUT2D eigenvalue weighted by molar-refractivity contribution is 7.89. The Bertz CT molecular complexity index is 1290. The number of carbonyl (C=O) groups is 2. The van der Waals surface area contributed by atoms with Gasteiger partial charge in [0.2, 0.25) is 10.0 Å². The Hall–Kier alpha value is -3.03. The average Bonchev–Trinajstić information content (AvgIpc) is 2.86. The van der Waals surface area contributed by atoms with Gasteiger partial charge in [0, 0.05) is 29.4 Å². The molecule has 3 aromatic carbocycles. The van der Waals surface area contributed by atoms with Crippen molar-refractivity contribution in [3.8, 4) is 0 Å². The van der Waals surface area contributed by atoms with Crippen molar-refractivity contribution in [2.75, 3.05) is 11.9 Å². The number of sulfonamides is 1. The molecule has 0 aromatic heterocycles. The Kier molecular flexibility index (Phi) is 8.23. The summed E-state index contributed by atoms with van der Waals surface area (Å²) >= 11 is 0. The number of aldehydes is 1. The van der Waals surface area contributed by atoms with Gasteiger partial charge < -0.3 is 4.90 Å². The molecule has 0 saturated heterocycles. The average molecular weight is 481 g/mol. The van der Waals surface area contributed by atoms with Crippen LogP contribution < -0.4 is 9.62 Å². The number of nitrogens with one attached hydrogen (secondary N) is 1. The van der Waals surface area contributed by atoms with Crippen molar-refractivity contribution in [1.29, 1.82) is 0 Å². The van der Waals surface area contributed by atoms with Crippen molar-refractivity contribution >= 4 is 38.7 Å². The molecule has 0 aliphatic rings. The zero-order valence-electron chi connectivity index (χ0n) is 20.1. The summed E-state index contributed by atoms with van der Waals surface area (Å²) in [5.41, 5.74) is 1.16. The molecule has 1 unspecified atom stereocenters. The van der Waals surface area contributed by atoms with Gasteiger partial charge in [-0.05, 0) is 30.5 Å². The lowest BCUT2D eigenvalue weighted by atomic mass is 9.96. The van der Waals surface area contributed by atoms with Crippen molar-refractivity contribution in [3.05, 3.63) is 71.8 Å². The second kappa shape index (κ2) is 10.9. The molecule has 1 amide bonds. The van der Waals surface area contributed by atoms with Crippen molar-refractivity contribution in [1.82, 2.24) is 4.72 Å². The topological polar surface area (TPSA) is 83.6 Å². The van der Waals surface area contributed by atoms with Gasteiger partial charge in [-0.2, -0.15) is 0 Å². The zero-order valence-corrected chi connectivity index (χ0v) is 20.9. The number of anilines is 1. The summed E-state index contributed by atoms with van der Waals surface area (Å²) in [6, 6.07) is 16.8. The van der Waals surface area contributed by atoms with Gasteiger partial charge in [-0.15, -0.1) is 0 Å². The molecule has 0 aliphatic carbocycles. The third-order valence-electron chi connectivity index (χ3n) is 6.37. The summed E-state index contributed by atoms with van der Waals surface area (Å²) in [5, 5.41) is 1.18. The lowest BCUT2D eigenvalue weighted by Gasteiger charge is -2.25. The van der Waals surface area contributed by atoms with E-state index in [1.165, 1.54) is 4.90 Å². The maximum atomic E-state index is 13.4. The number of hydrogen-bond donors (Lipinski definition) is 1. The van der Waals surface area contributed by atoms with E-state index in [2.05, 4.69) is 18.6 Å². The van der Waals surface area contributed by atoms with E-state index in [1.807, 2.05) is 13.0 Å². The van der Waals surface area contributed by atoms with Crippen molar-refractivity contribution < 1.29 is 18.0 Å². The molecule has 0 bridgehead atoms. The number of carbonyl (C=O) groups excluding carboxylic acids is 2. The van der Waals surface area contributed by atoms with Gasteiger partial charge in [-0.1, -0.05) is 76.1 Å². The predicted molar refractivity (Wildman–Crippen MR) is 137 cm³/mol. The molecule has 3 rings (SSSR count). The Morgan fingerprint density at radius 3 is 2.29 bits per heavy atom. The van der Waals surface area contributed by atoms with Crippen molar-refractivity contribution in [2.45, 2.75) is 51.0 Å². The number of nitrogens with zero attached hydrogens (tertiary/aromatic N) is 1. The molecule has 1 N–H and O–H groups in total. The third kappa shape index (κ3) is 5.21. The first-order chi connectivity index (χ1) is 16.2. The van der Waals surface area contributed by atoms with Crippen LogP contribution in [0.4, 0.5) is 5.69 Å². The first kappa shape index (κ1) is 25.6. The largest absolute Gasteiger partial charge is 0.311 e. The molecule has 0 radical (unpaired) electrons.